The van der Waals surface area contributed by atoms with Crippen molar-refractivity contribution >= 4 is 34.8 Å². The second kappa shape index (κ2) is 5.64. The number of para-hydroxylation sites is 1. The van der Waals surface area contributed by atoms with E-state index in [1.54, 1.807) is 18.2 Å². The Morgan fingerprint density at radius 2 is 1.53 bits per heavy atom. The molecule has 2 nitrogen and oxygen atoms in total. The highest BCUT2D eigenvalue weighted by Gasteiger charge is 2.11. The second-order valence-corrected chi connectivity index (χ2v) is 5.25. The van der Waals surface area contributed by atoms with Gasteiger partial charge < -0.3 is 5.32 Å². The fraction of sp³-hybridized carbons (Fsp3) is 0.133. The van der Waals surface area contributed by atoms with Crippen LogP contribution in [0.4, 0.5) is 5.69 Å². The monoisotopic (exact) mass is 293 g/mol. The van der Waals surface area contributed by atoms with Gasteiger partial charge in [0.2, 0.25) is 0 Å². The van der Waals surface area contributed by atoms with Gasteiger partial charge in [0.1, 0.15) is 0 Å². The van der Waals surface area contributed by atoms with Crippen LogP contribution in [0.15, 0.2) is 36.4 Å². The number of hydrogen-bond acceptors (Lipinski definition) is 1. The lowest BCUT2D eigenvalue weighted by Gasteiger charge is -2.11. The molecule has 0 aromatic heterocycles. The van der Waals surface area contributed by atoms with Gasteiger partial charge in [-0.3, -0.25) is 4.79 Å². The highest BCUT2D eigenvalue weighted by atomic mass is 35.5. The topological polar surface area (TPSA) is 29.1 Å². The maximum Gasteiger partial charge on any atom is 0.255 e. The van der Waals surface area contributed by atoms with Gasteiger partial charge in [-0.1, -0.05) is 41.4 Å². The zero-order valence-electron chi connectivity index (χ0n) is 10.6. The molecule has 2 aromatic carbocycles. The lowest BCUT2D eigenvalue weighted by atomic mass is 10.1. The first-order valence-electron chi connectivity index (χ1n) is 5.81. The Morgan fingerprint density at radius 3 is 2.05 bits per heavy atom. The number of carbonyl (C=O) groups excluding carboxylic acids is 1. The molecule has 0 aliphatic rings. The van der Waals surface area contributed by atoms with Gasteiger partial charge in [0.15, 0.2) is 0 Å². The van der Waals surface area contributed by atoms with Crippen LogP contribution in [0.1, 0.15) is 21.5 Å². The van der Waals surface area contributed by atoms with Gasteiger partial charge in [-0.15, -0.1) is 0 Å². The number of aryl methyl sites for hydroxylation is 2. The zero-order chi connectivity index (χ0) is 14.0. The molecule has 0 unspecified atom stereocenters. The Kier molecular flexibility index (Phi) is 4.13. The van der Waals surface area contributed by atoms with Crippen LogP contribution < -0.4 is 5.32 Å². The van der Waals surface area contributed by atoms with Crippen LogP contribution in [-0.2, 0) is 0 Å². The smallest absolute Gasteiger partial charge is 0.255 e. The average Bonchev–Trinajstić information content (AvgIpc) is 2.32. The number of nitrogens with one attached hydrogen (secondary N) is 1. The third-order valence-corrected chi connectivity index (χ3v) is 3.28. The number of anilines is 1. The Labute approximate surface area is 122 Å². The Morgan fingerprint density at radius 1 is 1.00 bits per heavy atom. The third-order valence-electron chi connectivity index (χ3n) is 2.84. The van der Waals surface area contributed by atoms with Gasteiger partial charge in [0.25, 0.3) is 5.91 Å². The van der Waals surface area contributed by atoms with Gasteiger partial charge in [-0.25, -0.2) is 0 Å². The highest BCUT2D eigenvalue weighted by molar-refractivity contribution is 6.35. The molecule has 0 spiro atoms. The normalized spacial score (nSPS) is 10.3. The summed E-state index contributed by atoms with van der Waals surface area (Å²) in [5.41, 5.74) is 3.30. The Balaban J connectivity index is 2.31. The summed E-state index contributed by atoms with van der Waals surface area (Å²) in [5.74, 6) is -0.221. The van der Waals surface area contributed by atoms with Crippen LogP contribution in [0.3, 0.4) is 0 Å². The van der Waals surface area contributed by atoms with E-state index < -0.39 is 0 Å². The van der Waals surface area contributed by atoms with Gasteiger partial charge in [-0.05, 0) is 43.2 Å². The van der Waals surface area contributed by atoms with Gasteiger partial charge in [0, 0.05) is 21.3 Å². The Bertz CT molecular complexity index is 598. The number of halogens is 2. The summed E-state index contributed by atoms with van der Waals surface area (Å²) in [6.07, 6.45) is 0. The van der Waals surface area contributed by atoms with Gasteiger partial charge in [0.05, 0.1) is 0 Å². The van der Waals surface area contributed by atoms with E-state index in [4.69, 9.17) is 23.2 Å². The van der Waals surface area contributed by atoms with E-state index in [-0.39, 0.29) is 5.91 Å². The minimum atomic E-state index is -0.221. The van der Waals surface area contributed by atoms with Crippen LogP contribution in [0.25, 0.3) is 0 Å². The van der Waals surface area contributed by atoms with Crippen LogP contribution >= 0.6 is 23.2 Å². The standard InChI is InChI=1S/C15H13Cl2NO/c1-9-4-3-5-10(2)14(9)18-15(19)11-6-12(16)8-13(17)7-11/h3-8H,1-2H3,(H,18,19). The van der Waals surface area contributed by atoms with E-state index in [1.165, 1.54) is 0 Å². The molecular formula is C15H13Cl2NO. The molecule has 1 amide bonds. The molecule has 0 bridgehead atoms. The molecule has 0 atom stereocenters. The van der Waals surface area contributed by atoms with Crippen molar-refractivity contribution in [1.82, 2.24) is 0 Å². The predicted molar refractivity (Wildman–Crippen MR) is 80.3 cm³/mol. The van der Waals surface area contributed by atoms with E-state index in [2.05, 4.69) is 5.32 Å². The molecule has 4 heteroatoms. The summed E-state index contributed by atoms with van der Waals surface area (Å²) in [7, 11) is 0. The van der Waals surface area contributed by atoms with Gasteiger partial charge in [-0.2, -0.15) is 0 Å². The van der Waals surface area contributed by atoms with Gasteiger partial charge >= 0.3 is 0 Å². The van der Waals surface area contributed by atoms with Crippen molar-refractivity contribution in [2.75, 3.05) is 5.32 Å². The summed E-state index contributed by atoms with van der Waals surface area (Å²) in [6, 6.07) is 10.6. The van der Waals surface area contributed by atoms with Crippen molar-refractivity contribution in [1.29, 1.82) is 0 Å². The minimum absolute atomic E-state index is 0.221. The van der Waals surface area contributed by atoms with Crippen molar-refractivity contribution in [3.8, 4) is 0 Å². The van der Waals surface area contributed by atoms with Crippen molar-refractivity contribution in [3.63, 3.8) is 0 Å². The Hall–Kier alpha value is -1.51. The maximum absolute atomic E-state index is 12.2. The van der Waals surface area contributed by atoms with Crippen LogP contribution in [0.2, 0.25) is 10.0 Å². The van der Waals surface area contributed by atoms with Crippen LogP contribution in [0, 0.1) is 13.8 Å². The third kappa shape index (κ3) is 3.28. The van der Waals surface area contributed by atoms with Crippen molar-refractivity contribution in [3.05, 3.63) is 63.1 Å². The quantitative estimate of drug-likeness (QED) is 0.841. The lowest BCUT2D eigenvalue weighted by molar-refractivity contribution is 0.102. The van der Waals surface area contributed by atoms with E-state index in [0.29, 0.717) is 15.6 Å². The zero-order valence-corrected chi connectivity index (χ0v) is 12.1. The van der Waals surface area contributed by atoms with Crippen LogP contribution in [-0.4, -0.2) is 5.91 Å². The molecule has 19 heavy (non-hydrogen) atoms. The molecule has 0 aliphatic heterocycles. The largest absolute Gasteiger partial charge is 0.322 e. The minimum Gasteiger partial charge on any atom is -0.322 e. The van der Waals surface area contributed by atoms with E-state index in [0.717, 1.165) is 16.8 Å². The van der Waals surface area contributed by atoms with E-state index in [9.17, 15) is 4.79 Å². The van der Waals surface area contributed by atoms with E-state index >= 15 is 0 Å². The number of benzene rings is 2. The molecule has 0 radical (unpaired) electrons. The van der Waals surface area contributed by atoms with Crippen LogP contribution in [0.5, 0.6) is 0 Å². The molecule has 98 valence electrons. The first kappa shape index (κ1) is 13.9. The molecule has 1 N–H and O–H groups in total. The first-order chi connectivity index (χ1) is 8.97. The summed E-state index contributed by atoms with van der Waals surface area (Å²) in [6.45, 7) is 3.90. The number of carbonyl (C=O) groups is 1. The summed E-state index contributed by atoms with van der Waals surface area (Å²) >= 11 is 11.8. The lowest BCUT2D eigenvalue weighted by Crippen LogP contribution is -2.13. The molecule has 2 aromatic rings. The number of rotatable bonds is 2. The summed E-state index contributed by atoms with van der Waals surface area (Å²) in [5, 5.41) is 3.78. The average molecular weight is 294 g/mol. The second-order valence-electron chi connectivity index (χ2n) is 4.38. The maximum atomic E-state index is 12.2. The molecule has 0 aliphatic carbocycles. The summed E-state index contributed by atoms with van der Waals surface area (Å²) in [4.78, 5) is 12.2. The fourth-order valence-electron chi connectivity index (χ4n) is 1.88. The summed E-state index contributed by atoms with van der Waals surface area (Å²) < 4.78 is 0. The molecular weight excluding hydrogens is 281 g/mol. The molecule has 0 saturated heterocycles. The SMILES string of the molecule is Cc1cccc(C)c1NC(=O)c1cc(Cl)cc(Cl)c1. The fourth-order valence-corrected chi connectivity index (χ4v) is 2.41. The molecule has 0 fully saturated rings. The predicted octanol–water partition coefficient (Wildman–Crippen LogP) is 4.86. The van der Waals surface area contributed by atoms with Crippen molar-refractivity contribution in [2.45, 2.75) is 13.8 Å². The molecule has 2 rings (SSSR count). The number of amides is 1. The number of hydrogen-bond donors (Lipinski definition) is 1. The van der Waals surface area contributed by atoms with E-state index in [1.807, 2.05) is 32.0 Å². The molecule has 0 heterocycles. The van der Waals surface area contributed by atoms with Crippen molar-refractivity contribution in [2.24, 2.45) is 0 Å². The first-order valence-corrected chi connectivity index (χ1v) is 6.56. The highest BCUT2D eigenvalue weighted by Crippen LogP contribution is 2.23. The molecule has 0 saturated carbocycles. The van der Waals surface area contributed by atoms with Crippen molar-refractivity contribution < 1.29 is 4.79 Å².